The summed E-state index contributed by atoms with van der Waals surface area (Å²) >= 11 is 6.01. The maximum atomic E-state index is 12.0. The Labute approximate surface area is 142 Å². The van der Waals surface area contributed by atoms with Crippen LogP contribution in [0.4, 0.5) is 5.69 Å². The van der Waals surface area contributed by atoms with Gasteiger partial charge in [-0.2, -0.15) is 0 Å². The molecule has 0 amide bonds. The third-order valence-electron chi connectivity index (χ3n) is 3.80. The maximum Gasteiger partial charge on any atom is 0.331 e. The largest absolute Gasteiger partial charge is 0.494 e. The molecular formula is C16H16ClN3O4. The predicted octanol–water partition coefficient (Wildman–Crippen LogP) is 1.83. The molecule has 1 aliphatic rings. The number of aromatic amines is 1. The van der Waals surface area contributed by atoms with E-state index in [1.165, 1.54) is 6.21 Å². The Balaban J connectivity index is 1.97. The fourth-order valence-electron chi connectivity index (χ4n) is 2.54. The van der Waals surface area contributed by atoms with Crippen molar-refractivity contribution in [2.45, 2.75) is 25.5 Å². The van der Waals surface area contributed by atoms with Gasteiger partial charge in [0.05, 0.1) is 23.4 Å². The van der Waals surface area contributed by atoms with Crippen LogP contribution in [0.3, 0.4) is 0 Å². The molecule has 3 rings (SSSR count). The lowest BCUT2D eigenvalue weighted by molar-refractivity contribution is 0.0934. The van der Waals surface area contributed by atoms with Gasteiger partial charge in [0.2, 0.25) is 5.88 Å². The molecule has 0 saturated carbocycles. The van der Waals surface area contributed by atoms with Crippen LogP contribution >= 0.6 is 11.6 Å². The van der Waals surface area contributed by atoms with Gasteiger partial charge in [-0.15, -0.1) is 0 Å². The van der Waals surface area contributed by atoms with E-state index >= 15 is 0 Å². The van der Waals surface area contributed by atoms with E-state index in [0.29, 0.717) is 17.3 Å². The van der Waals surface area contributed by atoms with Crippen LogP contribution < -0.4 is 11.2 Å². The van der Waals surface area contributed by atoms with Crippen molar-refractivity contribution in [3.8, 4) is 5.88 Å². The van der Waals surface area contributed by atoms with Crippen molar-refractivity contribution in [2.75, 3.05) is 6.61 Å². The molecule has 1 atom stereocenters. The highest BCUT2D eigenvalue weighted by molar-refractivity contribution is 6.33. The van der Waals surface area contributed by atoms with Gasteiger partial charge in [0, 0.05) is 12.8 Å². The molecule has 2 aromatic rings. The summed E-state index contributed by atoms with van der Waals surface area (Å²) in [5.41, 5.74) is -1.04. The monoisotopic (exact) mass is 349 g/mol. The van der Waals surface area contributed by atoms with E-state index in [4.69, 9.17) is 16.3 Å². The molecule has 8 heteroatoms. The van der Waals surface area contributed by atoms with Crippen molar-refractivity contribution in [1.82, 2.24) is 9.55 Å². The first-order valence-corrected chi connectivity index (χ1v) is 7.90. The molecule has 1 aromatic heterocycles. The predicted molar refractivity (Wildman–Crippen MR) is 90.7 cm³/mol. The third-order valence-corrected chi connectivity index (χ3v) is 4.12. The van der Waals surface area contributed by atoms with Crippen LogP contribution in [0.15, 0.2) is 38.8 Å². The van der Waals surface area contributed by atoms with E-state index in [1.54, 1.807) is 24.3 Å². The van der Waals surface area contributed by atoms with Gasteiger partial charge < -0.3 is 9.84 Å². The van der Waals surface area contributed by atoms with Gasteiger partial charge in [-0.3, -0.25) is 19.3 Å². The van der Waals surface area contributed by atoms with Gasteiger partial charge in [-0.1, -0.05) is 23.7 Å². The topological polar surface area (TPSA) is 96.7 Å². The molecule has 0 radical (unpaired) electrons. The lowest BCUT2D eigenvalue weighted by atomic mass is 10.2. The molecule has 0 spiro atoms. The lowest BCUT2D eigenvalue weighted by Crippen LogP contribution is -2.34. The second-order valence-electron chi connectivity index (χ2n) is 5.45. The summed E-state index contributed by atoms with van der Waals surface area (Å²) in [6, 6.07) is 6.84. The zero-order valence-electron chi connectivity index (χ0n) is 12.7. The van der Waals surface area contributed by atoms with E-state index in [9.17, 15) is 14.7 Å². The Bertz CT molecular complexity index is 882. The smallest absolute Gasteiger partial charge is 0.331 e. The quantitative estimate of drug-likeness (QED) is 0.823. The minimum absolute atomic E-state index is 0.104. The number of aliphatic imine (C=N–C) groups is 1. The molecule has 24 heavy (non-hydrogen) atoms. The number of hydrogen-bond donors (Lipinski definition) is 2. The minimum atomic E-state index is -0.711. The van der Waals surface area contributed by atoms with Gasteiger partial charge in [-0.05, 0) is 25.0 Å². The number of hydrogen-bond acceptors (Lipinski definition) is 5. The molecular weight excluding hydrogens is 334 g/mol. The van der Waals surface area contributed by atoms with Crippen molar-refractivity contribution >= 4 is 23.5 Å². The number of aromatic nitrogens is 2. The number of para-hydroxylation sites is 1. The van der Waals surface area contributed by atoms with Crippen LogP contribution in [0.25, 0.3) is 0 Å². The molecule has 0 aliphatic carbocycles. The summed E-state index contributed by atoms with van der Waals surface area (Å²) in [5.74, 6) is -0.435. The van der Waals surface area contributed by atoms with Crippen molar-refractivity contribution in [3.05, 3.63) is 55.7 Å². The number of ether oxygens (including phenoxy) is 1. The average Bonchev–Trinajstić information content (AvgIpc) is 3.06. The van der Waals surface area contributed by atoms with Crippen LogP contribution in [0, 0.1) is 0 Å². The van der Waals surface area contributed by atoms with E-state index in [2.05, 4.69) is 9.98 Å². The zero-order valence-corrected chi connectivity index (χ0v) is 13.5. The number of halogens is 1. The van der Waals surface area contributed by atoms with Gasteiger partial charge in [0.15, 0.2) is 0 Å². The highest BCUT2D eigenvalue weighted by atomic mass is 35.5. The van der Waals surface area contributed by atoms with Crippen LogP contribution in [-0.4, -0.2) is 33.6 Å². The average molecular weight is 350 g/mol. The van der Waals surface area contributed by atoms with Crippen molar-refractivity contribution in [2.24, 2.45) is 4.99 Å². The van der Waals surface area contributed by atoms with E-state index in [1.807, 2.05) is 0 Å². The first-order valence-electron chi connectivity index (χ1n) is 7.52. The first-order chi connectivity index (χ1) is 11.6. The van der Waals surface area contributed by atoms with E-state index < -0.39 is 17.1 Å². The summed E-state index contributed by atoms with van der Waals surface area (Å²) in [4.78, 5) is 30.2. The molecule has 2 N–H and O–H groups in total. The summed E-state index contributed by atoms with van der Waals surface area (Å²) in [7, 11) is 0. The Morgan fingerprint density at radius 1 is 1.42 bits per heavy atom. The normalized spacial score (nSPS) is 17.6. The molecule has 1 aliphatic heterocycles. The van der Waals surface area contributed by atoms with Gasteiger partial charge in [-0.25, -0.2) is 4.79 Å². The molecule has 1 fully saturated rings. The minimum Gasteiger partial charge on any atom is -0.494 e. The second kappa shape index (κ2) is 7.02. The standard InChI is InChI=1S/C16H16ClN3O4/c17-12-5-1-2-6-13(12)18-8-11-14(21)19-16(23)20(15(11)22)9-10-4-3-7-24-10/h1-2,5-6,8,10,22H,3-4,7,9H2,(H,19,21,23)/t10-/m1/s1. The Kier molecular flexibility index (Phi) is 4.82. The van der Waals surface area contributed by atoms with E-state index in [-0.39, 0.29) is 18.2 Å². The summed E-state index contributed by atoms with van der Waals surface area (Å²) in [6.07, 6.45) is 2.74. The molecule has 2 heterocycles. The zero-order chi connectivity index (χ0) is 17.1. The lowest BCUT2D eigenvalue weighted by Gasteiger charge is -2.13. The molecule has 1 aromatic carbocycles. The van der Waals surface area contributed by atoms with Crippen molar-refractivity contribution in [3.63, 3.8) is 0 Å². The summed E-state index contributed by atoms with van der Waals surface area (Å²) < 4.78 is 6.56. The fraction of sp³-hybridized carbons (Fsp3) is 0.312. The van der Waals surface area contributed by atoms with Crippen LogP contribution in [-0.2, 0) is 11.3 Å². The number of nitrogens with zero attached hydrogens (tertiary/aromatic N) is 2. The first kappa shape index (κ1) is 16.5. The number of benzene rings is 1. The second-order valence-corrected chi connectivity index (χ2v) is 5.86. The molecule has 0 unspecified atom stereocenters. The SMILES string of the molecule is O=c1[nH]c(=O)n(C[C@H]2CCCO2)c(O)c1C=Nc1ccccc1Cl. The number of H-pyrrole nitrogens is 1. The molecule has 1 saturated heterocycles. The summed E-state index contributed by atoms with van der Waals surface area (Å²) in [5, 5.41) is 10.7. The summed E-state index contributed by atoms with van der Waals surface area (Å²) in [6.45, 7) is 0.804. The van der Waals surface area contributed by atoms with Crippen LogP contribution in [0.2, 0.25) is 5.02 Å². The number of aromatic hydroxyl groups is 1. The Morgan fingerprint density at radius 3 is 2.92 bits per heavy atom. The highest BCUT2D eigenvalue weighted by Gasteiger charge is 2.20. The Hall–Kier alpha value is -2.38. The Morgan fingerprint density at radius 2 is 2.21 bits per heavy atom. The third kappa shape index (κ3) is 3.42. The fourth-order valence-corrected chi connectivity index (χ4v) is 2.73. The van der Waals surface area contributed by atoms with Crippen LogP contribution in [0.5, 0.6) is 5.88 Å². The highest BCUT2D eigenvalue weighted by Crippen LogP contribution is 2.24. The van der Waals surface area contributed by atoms with E-state index in [0.717, 1.165) is 17.4 Å². The maximum absolute atomic E-state index is 12.0. The molecule has 126 valence electrons. The van der Waals surface area contributed by atoms with Gasteiger partial charge in [0.25, 0.3) is 5.56 Å². The van der Waals surface area contributed by atoms with Crippen molar-refractivity contribution < 1.29 is 9.84 Å². The van der Waals surface area contributed by atoms with Crippen LogP contribution in [0.1, 0.15) is 18.4 Å². The van der Waals surface area contributed by atoms with Crippen molar-refractivity contribution in [1.29, 1.82) is 0 Å². The van der Waals surface area contributed by atoms with Gasteiger partial charge in [0.1, 0.15) is 5.56 Å². The molecule has 0 bridgehead atoms. The number of rotatable bonds is 4. The van der Waals surface area contributed by atoms with Gasteiger partial charge >= 0.3 is 5.69 Å². The number of nitrogens with one attached hydrogen (secondary N) is 1. The molecule has 7 nitrogen and oxygen atoms in total.